The van der Waals surface area contributed by atoms with Crippen LogP contribution in [0.25, 0.3) is 0 Å². The summed E-state index contributed by atoms with van der Waals surface area (Å²) < 4.78 is 4.62. The number of unbranched alkanes of at least 4 members (excludes halogenated alkanes) is 7. The zero-order valence-corrected chi connectivity index (χ0v) is 13.0. The van der Waals surface area contributed by atoms with E-state index in [2.05, 4.69) is 11.7 Å². The first-order valence-electron chi connectivity index (χ1n) is 8.34. The molecular weight excluding hydrogens is 236 g/mol. The van der Waals surface area contributed by atoms with Gasteiger partial charge < -0.3 is 4.74 Å². The second kappa shape index (κ2) is 10.3. The summed E-state index contributed by atoms with van der Waals surface area (Å²) in [5.41, 5.74) is 0. The molecule has 0 aromatic rings. The van der Waals surface area contributed by atoms with Gasteiger partial charge in [-0.05, 0) is 24.7 Å². The van der Waals surface area contributed by atoms with Crippen molar-refractivity contribution in [3.8, 4) is 0 Å². The third-order valence-electron chi connectivity index (χ3n) is 4.53. The van der Waals surface area contributed by atoms with Crippen LogP contribution in [0.5, 0.6) is 0 Å². The first kappa shape index (κ1) is 16.5. The number of methoxy groups -OCH3 is 1. The van der Waals surface area contributed by atoms with Gasteiger partial charge in [0, 0.05) is 6.42 Å². The van der Waals surface area contributed by atoms with Crippen LogP contribution >= 0.6 is 0 Å². The summed E-state index contributed by atoms with van der Waals surface area (Å²) in [7, 11) is 1.46. The molecule has 19 heavy (non-hydrogen) atoms. The smallest absolute Gasteiger partial charge is 0.305 e. The van der Waals surface area contributed by atoms with Crippen molar-refractivity contribution in [2.24, 2.45) is 11.8 Å². The molecule has 0 radical (unpaired) electrons. The fourth-order valence-electron chi connectivity index (χ4n) is 3.00. The predicted molar refractivity (Wildman–Crippen MR) is 80.1 cm³/mol. The van der Waals surface area contributed by atoms with E-state index in [4.69, 9.17) is 0 Å². The van der Waals surface area contributed by atoms with E-state index >= 15 is 0 Å². The van der Waals surface area contributed by atoms with Gasteiger partial charge in [0.15, 0.2) is 0 Å². The summed E-state index contributed by atoms with van der Waals surface area (Å²) in [6, 6.07) is 0. The van der Waals surface area contributed by atoms with Gasteiger partial charge in [-0.15, -0.1) is 0 Å². The van der Waals surface area contributed by atoms with Crippen molar-refractivity contribution < 1.29 is 9.53 Å². The molecule has 1 fully saturated rings. The minimum Gasteiger partial charge on any atom is -0.469 e. The molecule has 0 unspecified atom stereocenters. The Balaban J connectivity index is 1.71. The number of esters is 1. The van der Waals surface area contributed by atoms with Crippen molar-refractivity contribution in [2.75, 3.05) is 7.11 Å². The Bertz CT molecular complexity index is 237. The zero-order valence-electron chi connectivity index (χ0n) is 13.0. The van der Waals surface area contributed by atoms with Crippen molar-refractivity contribution in [2.45, 2.75) is 84.0 Å². The SMILES string of the molecule is CC[C@H]1C[C@H]1CCCCCCCCCCC(=O)OC. The largest absolute Gasteiger partial charge is 0.469 e. The quantitative estimate of drug-likeness (QED) is 0.363. The lowest BCUT2D eigenvalue weighted by Gasteiger charge is -2.02. The minimum absolute atomic E-state index is 0.0644. The van der Waals surface area contributed by atoms with E-state index in [1.165, 1.54) is 71.3 Å². The van der Waals surface area contributed by atoms with Crippen LogP contribution < -0.4 is 0 Å². The van der Waals surface area contributed by atoms with Crippen LogP contribution in [0.3, 0.4) is 0 Å². The zero-order chi connectivity index (χ0) is 13.9. The van der Waals surface area contributed by atoms with E-state index in [1.54, 1.807) is 0 Å². The monoisotopic (exact) mass is 268 g/mol. The Morgan fingerprint density at radius 2 is 1.53 bits per heavy atom. The van der Waals surface area contributed by atoms with E-state index in [0.717, 1.165) is 18.3 Å². The summed E-state index contributed by atoms with van der Waals surface area (Å²) in [5, 5.41) is 0. The van der Waals surface area contributed by atoms with Crippen molar-refractivity contribution in [3.63, 3.8) is 0 Å². The average molecular weight is 268 g/mol. The topological polar surface area (TPSA) is 26.3 Å². The molecule has 1 saturated carbocycles. The van der Waals surface area contributed by atoms with Crippen molar-refractivity contribution in [1.82, 2.24) is 0 Å². The van der Waals surface area contributed by atoms with Crippen LogP contribution in [0, 0.1) is 11.8 Å². The number of hydrogen-bond donors (Lipinski definition) is 0. The van der Waals surface area contributed by atoms with Gasteiger partial charge in [0.2, 0.25) is 0 Å². The molecule has 1 aliphatic rings. The summed E-state index contributed by atoms with van der Waals surface area (Å²) in [6.07, 6.45) is 15.4. The van der Waals surface area contributed by atoms with Crippen LogP contribution in [0.1, 0.15) is 84.0 Å². The van der Waals surface area contributed by atoms with Gasteiger partial charge in [0.05, 0.1) is 7.11 Å². The molecule has 112 valence electrons. The molecule has 1 aliphatic carbocycles. The van der Waals surface area contributed by atoms with Gasteiger partial charge in [-0.1, -0.05) is 64.7 Å². The predicted octanol–water partition coefficient (Wildman–Crippen LogP) is 5.11. The summed E-state index contributed by atoms with van der Waals surface area (Å²) in [4.78, 5) is 10.9. The fourth-order valence-corrected chi connectivity index (χ4v) is 3.00. The van der Waals surface area contributed by atoms with Gasteiger partial charge in [-0.25, -0.2) is 0 Å². The maximum atomic E-state index is 10.9. The maximum Gasteiger partial charge on any atom is 0.305 e. The molecule has 2 nitrogen and oxygen atoms in total. The standard InChI is InChI=1S/C17H32O2/c1-3-15-14-16(15)12-10-8-6-4-5-7-9-11-13-17(18)19-2/h15-16H,3-14H2,1-2H3/t15-,16+/m0/s1. The third-order valence-corrected chi connectivity index (χ3v) is 4.53. The first-order valence-corrected chi connectivity index (χ1v) is 8.34. The van der Waals surface area contributed by atoms with Gasteiger partial charge in [-0.3, -0.25) is 4.79 Å². The molecule has 0 saturated heterocycles. The highest BCUT2D eigenvalue weighted by Crippen LogP contribution is 2.44. The summed E-state index contributed by atoms with van der Waals surface area (Å²) in [6.45, 7) is 2.32. The molecule has 0 spiro atoms. The van der Waals surface area contributed by atoms with Gasteiger partial charge >= 0.3 is 5.97 Å². The van der Waals surface area contributed by atoms with E-state index in [9.17, 15) is 4.79 Å². The molecule has 0 amide bonds. The van der Waals surface area contributed by atoms with Gasteiger partial charge in [0.1, 0.15) is 0 Å². The number of ether oxygens (including phenoxy) is 1. The van der Waals surface area contributed by atoms with E-state index in [0.29, 0.717) is 6.42 Å². The lowest BCUT2D eigenvalue weighted by atomic mass is 10.0. The molecule has 2 atom stereocenters. The van der Waals surface area contributed by atoms with Crippen LogP contribution in [0.4, 0.5) is 0 Å². The lowest BCUT2D eigenvalue weighted by Crippen LogP contribution is -1.99. The Hall–Kier alpha value is -0.530. The van der Waals surface area contributed by atoms with Gasteiger partial charge in [0.25, 0.3) is 0 Å². The van der Waals surface area contributed by atoms with Crippen LogP contribution in [0.2, 0.25) is 0 Å². The van der Waals surface area contributed by atoms with E-state index in [-0.39, 0.29) is 5.97 Å². The van der Waals surface area contributed by atoms with Crippen molar-refractivity contribution in [1.29, 1.82) is 0 Å². The third kappa shape index (κ3) is 8.28. The average Bonchev–Trinajstić information content (AvgIpc) is 3.19. The summed E-state index contributed by atoms with van der Waals surface area (Å²) in [5.74, 6) is 2.10. The normalized spacial score (nSPS) is 21.4. The highest BCUT2D eigenvalue weighted by molar-refractivity contribution is 5.68. The number of carbonyl (C=O) groups excluding carboxylic acids is 1. The molecule has 2 heteroatoms. The molecule has 1 rings (SSSR count). The number of rotatable bonds is 12. The number of carbonyl (C=O) groups is 1. The molecule has 0 aromatic carbocycles. The molecule has 0 N–H and O–H groups in total. The van der Waals surface area contributed by atoms with E-state index in [1.807, 2.05) is 0 Å². The van der Waals surface area contributed by atoms with Crippen LogP contribution in [0.15, 0.2) is 0 Å². The Morgan fingerprint density at radius 3 is 2.05 bits per heavy atom. The first-order chi connectivity index (χ1) is 9.27. The van der Waals surface area contributed by atoms with E-state index < -0.39 is 0 Å². The van der Waals surface area contributed by atoms with Crippen molar-refractivity contribution >= 4 is 5.97 Å². The van der Waals surface area contributed by atoms with Gasteiger partial charge in [-0.2, -0.15) is 0 Å². The van der Waals surface area contributed by atoms with Crippen LogP contribution in [-0.2, 0) is 9.53 Å². The molecular formula is C17H32O2. The maximum absolute atomic E-state index is 10.9. The summed E-state index contributed by atoms with van der Waals surface area (Å²) >= 11 is 0. The number of hydrogen-bond acceptors (Lipinski definition) is 2. The molecule has 0 bridgehead atoms. The highest BCUT2D eigenvalue weighted by Gasteiger charge is 2.33. The Kier molecular flexibility index (Phi) is 8.94. The second-order valence-corrected chi connectivity index (χ2v) is 6.11. The molecule has 0 heterocycles. The Morgan fingerprint density at radius 1 is 0.947 bits per heavy atom. The second-order valence-electron chi connectivity index (χ2n) is 6.11. The Labute approximate surface area is 119 Å². The highest BCUT2D eigenvalue weighted by atomic mass is 16.5. The molecule has 0 aliphatic heterocycles. The van der Waals surface area contributed by atoms with Crippen LogP contribution in [-0.4, -0.2) is 13.1 Å². The fraction of sp³-hybridized carbons (Fsp3) is 0.941. The lowest BCUT2D eigenvalue weighted by molar-refractivity contribution is -0.140. The minimum atomic E-state index is -0.0644. The van der Waals surface area contributed by atoms with Crippen molar-refractivity contribution in [3.05, 3.63) is 0 Å². The molecule has 0 aromatic heterocycles.